The van der Waals surface area contributed by atoms with Gasteiger partial charge in [-0.25, -0.2) is 0 Å². The Balaban J connectivity index is 1.68. The molecule has 0 radical (unpaired) electrons. The Morgan fingerprint density at radius 3 is 2.18 bits per heavy atom. The molecule has 1 aromatic carbocycles. The quantitative estimate of drug-likeness (QED) is 0.688. The number of nitrogens with zero attached hydrogens (tertiary/aromatic N) is 2. The Morgan fingerprint density at radius 2 is 1.61 bits per heavy atom. The maximum Gasteiger partial charge on any atom is 0.233 e. The second kappa shape index (κ2) is 9.40. The SMILES string of the molecule is CC(C)CCC(=O)N1CCN(C(=O)C2(c3ccc(Br)cc3)CCOCC2)CC1. The first-order valence-electron chi connectivity index (χ1n) is 10.3. The van der Waals surface area contributed by atoms with Gasteiger partial charge in [0.05, 0.1) is 5.41 Å². The van der Waals surface area contributed by atoms with Gasteiger partial charge in [0, 0.05) is 50.3 Å². The lowest BCUT2D eigenvalue weighted by Gasteiger charge is -2.43. The summed E-state index contributed by atoms with van der Waals surface area (Å²) in [4.78, 5) is 29.9. The maximum absolute atomic E-state index is 13.6. The minimum absolute atomic E-state index is 0.187. The number of carbonyl (C=O) groups excluding carboxylic acids is 2. The van der Waals surface area contributed by atoms with Gasteiger partial charge in [0.1, 0.15) is 0 Å². The monoisotopic (exact) mass is 450 g/mol. The molecule has 2 aliphatic heterocycles. The molecule has 6 heteroatoms. The molecule has 154 valence electrons. The lowest BCUT2D eigenvalue weighted by Crippen LogP contribution is -2.56. The molecule has 0 N–H and O–H groups in total. The van der Waals surface area contributed by atoms with Crippen LogP contribution >= 0.6 is 15.9 Å². The van der Waals surface area contributed by atoms with Gasteiger partial charge < -0.3 is 14.5 Å². The molecule has 0 spiro atoms. The number of amides is 2. The van der Waals surface area contributed by atoms with Crippen molar-refractivity contribution >= 4 is 27.7 Å². The molecule has 0 atom stereocenters. The van der Waals surface area contributed by atoms with Gasteiger partial charge in [-0.15, -0.1) is 0 Å². The van der Waals surface area contributed by atoms with Crippen LogP contribution in [0.1, 0.15) is 45.1 Å². The second-order valence-corrected chi connectivity index (χ2v) is 9.22. The summed E-state index contributed by atoms with van der Waals surface area (Å²) in [5.74, 6) is 0.938. The zero-order chi connectivity index (χ0) is 20.1. The fourth-order valence-corrected chi connectivity index (χ4v) is 4.41. The van der Waals surface area contributed by atoms with E-state index in [1.807, 2.05) is 21.9 Å². The van der Waals surface area contributed by atoms with Crippen molar-refractivity contribution in [2.24, 2.45) is 5.92 Å². The fraction of sp³-hybridized carbons (Fsp3) is 0.636. The van der Waals surface area contributed by atoms with E-state index < -0.39 is 5.41 Å². The predicted octanol–water partition coefficient (Wildman–Crippen LogP) is 3.60. The maximum atomic E-state index is 13.6. The molecule has 0 aromatic heterocycles. The molecule has 2 heterocycles. The topological polar surface area (TPSA) is 49.9 Å². The van der Waals surface area contributed by atoms with Crippen molar-refractivity contribution in [3.05, 3.63) is 34.3 Å². The van der Waals surface area contributed by atoms with E-state index in [2.05, 4.69) is 41.9 Å². The number of piperazine rings is 1. The summed E-state index contributed by atoms with van der Waals surface area (Å²) in [5.41, 5.74) is 0.558. The van der Waals surface area contributed by atoms with Gasteiger partial charge in [0.15, 0.2) is 0 Å². The predicted molar refractivity (Wildman–Crippen MR) is 113 cm³/mol. The lowest BCUT2D eigenvalue weighted by molar-refractivity contribution is -0.146. The lowest BCUT2D eigenvalue weighted by atomic mass is 9.73. The Hall–Kier alpha value is -1.40. The van der Waals surface area contributed by atoms with Crippen LogP contribution in [-0.4, -0.2) is 61.0 Å². The fourth-order valence-electron chi connectivity index (χ4n) is 4.15. The van der Waals surface area contributed by atoms with Gasteiger partial charge in [-0.3, -0.25) is 9.59 Å². The van der Waals surface area contributed by atoms with E-state index >= 15 is 0 Å². The first-order valence-corrected chi connectivity index (χ1v) is 11.1. The smallest absolute Gasteiger partial charge is 0.233 e. The molecule has 2 fully saturated rings. The third-order valence-corrected chi connectivity index (χ3v) is 6.54. The van der Waals surface area contributed by atoms with Crippen molar-refractivity contribution in [2.45, 2.75) is 44.9 Å². The van der Waals surface area contributed by atoms with Crippen LogP contribution in [0, 0.1) is 5.92 Å². The van der Waals surface area contributed by atoms with Crippen LogP contribution in [0.5, 0.6) is 0 Å². The molecule has 0 bridgehead atoms. The molecule has 0 aliphatic carbocycles. The normalized spacial score (nSPS) is 19.7. The number of hydrogen-bond acceptors (Lipinski definition) is 3. The van der Waals surface area contributed by atoms with Crippen molar-refractivity contribution in [3.63, 3.8) is 0 Å². The van der Waals surface area contributed by atoms with Crippen molar-refractivity contribution in [1.82, 2.24) is 9.80 Å². The van der Waals surface area contributed by atoms with Crippen LogP contribution in [0.3, 0.4) is 0 Å². The van der Waals surface area contributed by atoms with Gasteiger partial charge in [0.2, 0.25) is 11.8 Å². The van der Waals surface area contributed by atoms with Crippen LogP contribution in [0.2, 0.25) is 0 Å². The van der Waals surface area contributed by atoms with E-state index in [0.717, 1.165) is 16.5 Å². The molecule has 3 rings (SSSR count). The Bertz CT molecular complexity index is 676. The molecule has 2 aliphatic rings. The highest BCUT2D eigenvalue weighted by Crippen LogP contribution is 2.37. The highest BCUT2D eigenvalue weighted by Gasteiger charge is 2.44. The summed E-state index contributed by atoms with van der Waals surface area (Å²) in [7, 11) is 0. The van der Waals surface area contributed by atoms with Gasteiger partial charge in [-0.05, 0) is 42.9 Å². The van der Waals surface area contributed by atoms with E-state index in [0.29, 0.717) is 64.6 Å². The summed E-state index contributed by atoms with van der Waals surface area (Å²) in [6, 6.07) is 8.12. The van der Waals surface area contributed by atoms with Gasteiger partial charge >= 0.3 is 0 Å². The number of ether oxygens (including phenoxy) is 1. The van der Waals surface area contributed by atoms with Crippen LogP contribution in [-0.2, 0) is 19.7 Å². The van der Waals surface area contributed by atoms with Crippen molar-refractivity contribution in [1.29, 1.82) is 0 Å². The molecule has 1 aromatic rings. The third kappa shape index (κ3) is 4.77. The van der Waals surface area contributed by atoms with Gasteiger partial charge in [-0.2, -0.15) is 0 Å². The molecule has 5 nitrogen and oxygen atoms in total. The van der Waals surface area contributed by atoms with Crippen LogP contribution in [0.15, 0.2) is 28.7 Å². The number of hydrogen-bond donors (Lipinski definition) is 0. The number of benzene rings is 1. The highest BCUT2D eigenvalue weighted by molar-refractivity contribution is 9.10. The van der Waals surface area contributed by atoms with Gasteiger partial charge in [0.25, 0.3) is 0 Å². The molecule has 0 unspecified atom stereocenters. The number of halogens is 1. The summed E-state index contributed by atoms with van der Waals surface area (Å²) in [6.07, 6.45) is 2.94. The van der Waals surface area contributed by atoms with Crippen LogP contribution in [0.4, 0.5) is 0 Å². The number of carbonyl (C=O) groups is 2. The molecular formula is C22H31BrN2O3. The van der Waals surface area contributed by atoms with Crippen LogP contribution < -0.4 is 0 Å². The second-order valence-electron chi connectivity index (χ2n) is 8.31. The van der Waals surface area contributed by atoms with E-state index in [1.165, 1.54) is 0 Å². The Morgan fingerprint density at radius 1 is 1.04 bits per heavy atom. The molecule has 2 amide bonds. The first-order chi connectivity index (χ1) is 13.4. The number of rotatable bonds is 5. The summed E-state index contributed by atoms with van der Waals surface area (Å²) < 4.78 is 6.58. The zero-order valence-corrected chi connectivity index (χ0v) is 18.5. The Kier molecular flexibility index (Phi) is 7.15. The Labute approximate surface area is 176 Å². The average Bonchev–Trinajstić information content (AvgIpc) is 2.72. The average molecular weight is 451 g/mol. The van der Waals surface area contributed by atoms with Crippen molar-refractivity contribution in [2.75, 3.05) is 39.4 Å². The summed E-state index contributed by atoms with van der Waals surface area (Å²) in [6.45, 7) is 7.99. The molecule has 28 heavy (non-hydrogen) atoms. The van der Waals surface area contributed by atoms with Gasteiger partial charge in [-0.1, -0.05) is 41.9 Å². The highest BCUT2D eigenvalue weighted by atomic mass is 79.9. The minimum Gasteiger partial charge on any atom is -0.381 e. The first kappa shape index (κ1) is 21.3. The molecule has 0 saturated carbocycles. The molecule has 2 saturated heterocycles. The van der Waals surface area contributed by atoms with E-state index in [1.54, 1.807) is 0 Å². The standard InChI is InChI=1S/C22H31BrN2O3/c1-17(2)3-8-20(26)24-11-13-25(14-12-24)21(27)22(9-15-28-16-10-22)18-4-6-19(23)7-5-18/h4-7,17H,3,8-16H2,1-2H3. The van der Waals surface area contributed by atoms with E-state index in [9.17, 15) is 9.59 Å². The largest absolute Gasteiger partial charge is 0.381 e. The zero-order valence-electron chi connectivity index (χ0n) is 17.0. The summed E-state index contributed by atoms with van der Waals surface area (Å²) >= 11 is 3.48. The van der Waals surface area contributed by atoms with Crippen molar-refractivity contribution < 1.29 is 14.3 Å². The minimum atomic E-state index is -0.511. The van der Waals surface area contributed by atoms with Crippen LogP contribution in [0.25, 0.3) is 0 Å². The van der Waals surface area contributed by atoms with E-state index in [-0.39, 0.29) is 11.8 Å². The van der Waals surface area contributed by atoms with Crippen molar-refractivity contribution in [3.8, 4) is 0 Å². The van der Waals surface area contributed by atoms with E-state index in [4.69, 9.17) is 4.74 Å². The molecular weight excluding hydrogens is 420 g/mol. The third-order valence-electron chi connectivity index (χ3n) is 6.01. The summed E-state index contributed by atoms with van der Waals surface area (Å²) in [5, 5.41) is 0.